The molecule has 0 fully saturated rings. The second kappa shape index (κ2) is 4.23. The monoisotopic (exact) mass is 258 g/mol. The lowest BCUT2D eigenvalue weighted by Crippen LogP contribution is -2.30. The molecule has 2 aromatic heterocycles. The number of aromatic nitrogens is 3. The van der Waals surface area contributed by atoms with Crippen LogP contribution in [0.15, 0.2) is 18.6 Å². The van der Waals surface area contributed by atoms with Gasteiger partial charge in [-0.25, -0.2) is 4.98 Å². The van der Waals surface area contributed by atoms with Gasteiger partial charge in [-0.3, -0.25) is 0 Å². The highest BCUT2D eigenvalue weighted by Crippen LogP contribution is 2.40. The van der Waals surface area contributed by atoms with Crippen molar-refractivity contribution in [2.24, 2.45) is 11.1 Å². The number of aryl methyl sites for hydroxylation is 1. The number of H-pyrrole nitrogens is 1. The summed E-state index contributed by atoms with van der Waals surface area (Å²) in [6.07, 6.45) is 5.78. The molecule has 2 heterocycles. The summed E-state index contributed by atoms with van der Waals surface area (Å²) >= 11 is 0. The first-order valence-corrected chi connectivity index (χ1v) is 6.88. The Morgan fingerprint density at radius 3 is 3.00 bits per heavy atom. The first-order valence-electron chi connectivity index (χ1n) is 6.88. The van der Waals surface area contributed by atoms with Crippen LogP contribution in [-0.2, 0) is 13.0 Å². The van der Waals surface area contributed by atoms with Crippen LogP contribution in [0.3, 0.4) is 0 Å². The van der Waals surface area contributed by atoms with Gasteiger partial charge in [0, 0.05) is 23.6 Å². The molecule has 0 spiro atoms. The average molecular weight is 258 g/mol. The highest BCUT2D eigenvalue weighted by Gasteiger charge is 2.33. The highest BCUT2D eigenvalue weighted by molar-refractivity contribution is 5.34. The number of imidazole rings is 1. The van der Waals surface area contributed by atoms with Crippen LogP contribution in [-0.4, -0.2) is 14.5 Å². The van der Waals surface area contributed by atoms with E-state index in [4.69, 9.17) is 5.73 Å². The Labute approximate surface area is 114 Å². The first kappa shape index (κ1) is 12.5. The Balaban J connectivity index is 2.02. The molecule has 0 radical (unpaired) electrons. The molecule has 1 unspecified atom stereocenters. The Kier molecular flexibility index (Phi) is 2.78. The number of nitrogens with one attached hydrogen (secondary N) is 1. The molecule has 4 nitrogen and oxygen atoms in total. The molecule has 0 bridgehead atoms. The van der Waals surface area contributed by atoms with Crippen LogP contribution in [0, 0.1) is 12.3 Å². The van der Waals surface area contributed by atoms with Gasteiger partial charge in [-0.05, 0) is 36.8 Å². The summed E-state index contributed by atoms with van der Waals surface area (Å²) < 4.78 is 2.38. The molecule has 19 heavy (non-hydrogen) atoms. The molecule has 4 heteroatoms. The molecule has 3 rings (SSSR count). The third kappa shape index (κ3) is 2.21. The van der Waals surface area contributed by atoms with E-state index in [1.165, 1.54) is 17.0 Å². The van der Waals surface area contributed by atoms with Crippen LogP contribution >= 0.6 is 0 Å². The fraction of sp³-hybridized carbons (Fsp3) is 0.533. The minimum absolute atomic E-state index is 0.167. The fourth-order valence-corrected chi connectivity index (χ4v) is 3.27. The van der Waals surface area contributed by atoms with Crippen molar-refractivity contribution in [1.82, 2.24) is 14.5 Å². The Hall–Kier alpha value is -1.55. The number of nitrogens with two attached hydrogens (primary N) is 1. The van der Waals surface area contributed by atoms with Crippen molar-refractivity contribution in [3.63, 3.8) is 0 Å². The van der Waals surface area contributed by atoms with Crippen molar-refractivity contribution in [1.29, 1.82) is 0 Å². The molecule has 0 aromatic carbocycles. The number of fused-ring (bicyclic) bond motifs is 1. The number of aromatic amines is 1. The maximum absolute atomic E-state index is 6.34. The van der Waals surface area contributed by atoms with Crippen molar-refractivity contribution >= 4 is 0 Å². The molecule has 102 valence electrons. The second-order valence-electron chi connectivity index (χ2n) is 6.50. The summed E-state index contributed by atoms with van der Waals surface area (Å²) in [5, 5.41) is 0. The van der Waals surface area contributed by atoms with E-state index in [1.54, 1.807) is 6.33 Å². The van der Waals surface area contributed by atoms with E-state index >= 15 is 0 Å². The van der Waals surface area contributed by atoms with Gasteiger partial charge in [0.15, 0.2) is 0 Å². The van der Waals surface area contributed by atoms with Crippen molar-refractivity contribution in [3.8, 4) is 0 Å². The van der Waals surface area contributed by atoms with Crippen LogP contribution in [0.2, 0.25) is 0 Å². The summed E-state index contributed by atoms with van der Waals surface area (Å²) in [7, 11) is 0. The van der Waals surface area contributed by atoms with Crippen molar-refractivity contribution in [3.05, 3.63) is 41.2 Å². The van der Waals surface area contributed by atoms with Gasteiger partial charge in [0.25, 0.3) is 0 Å². The third-order valence-electron chi connectivity index (χ3n) is 4.15. The van der Waals surface area contributed by atoms with Crippen LogP contribution in [0.1, 0.15) is 49.0 Å². The Morgan fingerprint density at radius 1 is 1.53 bits per heavy atom. The molecule has 2 aromatic rings. The predicted octanol–water partition coefficient (Wildman–Crippen LogP) is 2.54. The van der Waals surface area contributed by atoms with Gasteiger partial charge in [-0.15, -0.1) is 0 Å². The van der Waals surface area contributed by atoms with E-state index in [0.29, 0.717) is 0 Å². The molecule has 0 aliphatic heterocycles. The summed E-state index contributed by atoms with van der Waals surface area (Å²) in [5.74, 6) is 0. The lowest BCUT2D eigenvalue weighted by atomic mass is 9.74. The van der Waals surface area contributed by atoms with Crippen molar-refractivity contribution < 1.29 is 0 Å². The number of hydrogen-bond donors (Lipinski definition) is 2. The van der Waals surface area contributed by atoms with Crippen molar-refractivity contribution in [2.45, 2.75) is 46.2 Å². The van der Waals surface area contributed by atoms with E-state index in [9.17, 15) is 0 Å². The topological polar surface area (TPSA) is 59.6 Å². The zero-order chi connectivity index (χ0) is 13.6. The molecule has 0 amide bonds. The highest BCUT2D eigenvalue weighted by atomic mass is 15.0. The van der Waals surface area contributed by atoms with E-state index in [0.717, 1.165) is 25.1 Å². The van der Waals surface area contributed by atoms with Gasteiger partial charge in [0.1, 0.15) is 0 Å². The van der Waals surface area contributed by atoms with Crippen LogP contribution in [0.4, 0.5) is 0 Å². The molecule has 1 atom stereocenters. The van der Waals surface area contributed by atoms with Gasteiger partial charge in [0.2, 0.25) is 0 Å². The first-order chi connectivity index (χ1) is 8.96. The molecule has 1 aliphatic carbocycles. The predicted molar refractivity (Wildman–Crippen MR) is 75.9 cm³/mol. The molecule has 0 saturated heterocycles. The zero-order valence-electron chi connectivity index (χ0n) is 11.9. The molecular weight excluding hydrogens is 236 g/mol. The lowest BCUT2D eigenvalue weighted by molar-refractivity contribution is 0.275. The molecular formula is C15H22N4. The summed E-state index contributed by atoms with van der Waals surface area (Å²) in [4.78, 5) is 7.27. The van der Waals surface area contributed by atoms with E-state index in [2.05, 4.69) is 41.4 Å². The standard InChI is InChI=1S/C15H22N4/c1-10-4-12-13(16)5-15(2,3)6-14(12)19(10)8-11-7-17-9-18-11/h4,7,9,13H,5-6,8,16H2,1-3H3,(H,17,18). The van der Waals surface area contributed by atoms with Gasteiger partial charge in [-0.1, -0.05) is 13.8 Å². The third-order valence-corrected chi connectivity index (χ3v) is 4.15. The molecule has 1 aliphatic rings. The fourth-order valence-electron chi connectivity index (χ4n) is 3.27. The number of nitrogens with zero attached hydrogens (tertiary/aromatic N) is 2. The maximum atomic E-state index is 6.34. The SMILES string of the molecule is Cc1cc2c(n1Cc1cnc[nH]1)CC(C)(C)CC2N. The van der Waals surface area contributed by atoms with Crippen molar-refractivity contribution in [2.75, 3.05) is 0 Å². The van der Waals surface area contributed by atoms with E-state index < -0.39 is 0 Å². The second-order valence-corrected chi connectivity index (χ2v) is 6.50. The molecule has 3 N–H and O–H groups in total. The van der Waals surface area contributed by atoms with Gasteiger partial charge < -0.3 is 15.3 Å². The minimum atomic E-state index is 0.167. The minimum Gasteiger partial charge on any atom is -0.347 e. The Morgan fingerprint density at radius 2 is 2.32 bits per heavy atom. The molecule has 0 saturated carbocycles. The number of hydrogen-bond acceptors (Lipinski definition) is 2. The quantitative estimate of drug-likeness (QED) is 0.869. The van der Waals surface area contributed by atoms with Gasteiger partial charge in [-0.2, -0.15) is 0 Å². The van der Waals surface area contributed by atoms with Crippen LogP contribution < -0.4 is 5.73 Å². The lowest BCUT2D eigenvalue weighted by Gasteiger charge is -2.34. The normalized spacial score (nSPS) is 21.4. The van der Waals surface area contributed by atoms with E-state index in [-0.39, 0.29) is 11.5 Å². The largest absolute Gasteiger partial charge is 0.347 e. The van der Waals surface area contributed by atoms with Crippen LogP contribution in [0.5, 0.6) is 0 Å². The summed E-state index contributed by atoms with van der Waals surface area (Å²) in [5.41, 5.74) is 11.8. The van der Waals surface area contributed by atoms with Crippen LogP contribution in [0.25, 0.3) is 0 Å². The summed E-state index contributed by atoms with van der Waals surface area (Å²) in [6, 6.07) is 2.42. The van der Waals surface area contributed by atoms with Gasteiger partial charge >= 0.3 is 0 Å². The maximum Gasteiger partial charge on any atom is 0.0922 e. The summed E-state index contributed by atoms with van der Waals surface area (Å²) in [6.45, 7) is 7.62. The Bertz CT molecular complexity index is 578. The number of rotatable bonds is 2. The van der Waals surface area contributed by atoms with Gasteiger partial charge in [0.05, 0.1) is 18.6 Å². The zero-order valence-corrected chi connectivity index (χ0v) is 11.9. The smallest absolute Gasteiger partial charge is 0.0922 e. The van der Waals surface area contributed by atoms with E-state index in [1.807, 2.05) is 6.20 Å². The average Bonchev–Trinajstić information content (AvgIpc) is 2.90.